The van der Waals surface area contributed by atoms with Crippen LogP contribution in [-0.4, -0.2) is 29.7 Å². The van der Waals surface area contributed by atoms with Crippen LogP contribution in [0.3, 0.4) is 0 Å². The van der Waals surface area contributed by atoms with Gasteiger partial charge in [0.25, 0.3) is 0 Å². The molecule has 0 unspecified atom stereocenters. The lowest BCUT2D eigenvalue weighted by Gasteiger charge is -2.21. The third-order valence-corrected chi connectivity index (χ3v) is 4.86. The van der Waals surface area contributed by atoms with E-state index in [1.807, 2.05) is 6.92 Å². The minimum atomic E-state index is 0.454. The number of hydrogen-bond donors (Lipinski definition) is 1. The lowest BCUT2D eigenvalue weighted by molar-refractivity contribution is 0.130. The number of rotatable bonds is 7. The average Bonchev–Trinajstić information content (AvgIpc) is 3.25. The summed E-state index contributed by atoms with van der Waals surface area (Å²) in [5.41, 5.74) is 3.10. The molecule has 1 aromatic heterocycles. The lowest BCUT2D eigenvalue weighted by Crippen LogP contribution is -2.21. The normalized spacial score (nSPS) is 19.1. The summed E-state index contributed by atoms with van der Waals surface area (Å²) in [7, 11) is 0. The highest BCUT2D eigenvalue weighted by Crippen LogP contribution is 2.48. The zero-order chi connectivity index (χ0) is 14.7. The van der Waals surface area contributed by atoms with Gasteiger partial charge in [0, 0.05) is 31.0 Å². The van der Waals surface area contributed by atoms with Gasteiger partial charge in [-0.2, -0.15) is 0 Å². The second-order valence-electron chi connectivity index (χ2n) is 6.55. The fourth-order valence-corrected chi connectivity index (χ4v) is 3.26. The number of aryl methyl sites for hydroxylation is 2. The van der Waals surface area contributed by atoms with Gasteiger partial charge in [-0.05, 0) is 64.2 Å². The quantitative estimate of drug-likeness (QED) is 0.783. The standard InChI is InChI=1S/C17H27N3O/c1-3-21-11-10-17(8-9-17)12-18-16-14-6-4-5-7-15(14)19-13(2)20-16/h3-12H2,1-2H3,(H,18,19,20). The van der Waals surface area contributed by atoms with Crippen LogP contribution >= 0.6 is 0 Å². The van der Waals surface area contributed by atoms with Crippen LogP contribution in [0.1, 0.15) is 56.1 Å². The highest BCUT2D eigenvalue weighted by atomic mass is 16.5. The van der Waals surface area contributed by atoms with E-state index in [-0.39, 0.29) is 0 Å². The van der Waals surface area contributed by atoms with Gasteiger partial charge >= 0.3 is 0 Å². The molecule has 0 amide bonds. The van der Waals surface area contributed by atoms with Gasteiger partial charge in [0.05, 0.1) is 0 Å². The van der Waals surface area contributed by atoms with Crippen LogP contribution in [0.25, 0.3) is 0 Å². The first-order valence-electron chi connectivity index (χ1n) is 8.40. The van der Waals surface area contributed by atoms with Crippen LogP contribution in [-0.2, 0) is 17.6 Å². The van der Waals surface area contributed by atoms with Crippen molar-refractivity contribution in [1.29, 1.82) is 0 Å². The SMILES string of the molecule is CCOCCC1(CNc2nc(C)nc3c2CCCC3)CC1. The molecular weight excluding hydrogens is 262 g/mol. The van der Waals surface area contributed by atoms with E-state index < -0.39 is 0 Å². The second kappa shape index (κ2) is 6.30. The molecule has 1 N–H and O–H groups in total. The molecule has 4 heteroatoms. The Hall–Kier alpha value is -1.16. The zero-order valence-corrected chi connectivity index (χ0v) is 13.4. The second-order valence-corrected chi connectivity index (χ2v) is 6.55. The summed E-state index contributed by atoms with van der Waals surface area (Å²) in [6.45, 7) is 6.81. The Labute approximate surface area is 127 Å². The first-order chi connectivity index (χ1) is 10.2. The monoisotopic (exact) mass is 289 g/mol. The maximum absolute atomic E-state index is 5.52. The number of nitrogens with one attached hydrogen (secondary N) is 1. The van der Waals surface area contributed by atoms with Crippen molar-refractivity contribution in [2.75, 3.05) is 25.1 Å². The van der Waals surface area contributed by atoms with Crippen molar-refractivity contribution in [2.45, 2.75) is 58.8 Å². The van der Waals surface area contributed by atoms with Crippen LogP contribution in [0.2, 0.25) is 0 Å². The third-order valence-electron chi connectivity index (χ3n) is 4.86. The van der Waals surface area contributed by atoms with Gasteiger partial charge in [0.2, 0.25) is 0 Å². The molecule has 116 valence electrons. The van der Waals surface area contributed by atoms with Gasteiger partial charge in [-0.3, -0.25) is 0 Å². The first kappa shape index (κ1) is 14.8. The predicted octanol–water partition coefficient (Wildman–Crippen LogP) is 3.28. The molecule has 4 nitrogen and oxygen atoms in total. The number of nitrogens with zero attached hydrogens (tertiary/aromatic N) is 2. The molecule has 2 aliphatic carbocycles. The van der Waals surface area contributed by atoms with E-state index in [4.69, 9.17) is 4.74 Å². The molecule has 1 heterocycles. The maximum atomic E-state index is 5.52. The smallest absolute Gasteiger partial charge is 0.133 e. The fourth-order valence-electron chi connectivity index (χ4n) is 3.26. The van der Waals surface area contributed by atoms with Crippen LogP contribution < -0.4 is 5.32 Å². The topological polar surface area (TPSA) is 47.0 Å². The van der Waals surface area contributed by atoms with E-state index in [2.05, 4.69) is 22.2 Å². The van der Waals surface area contributed by atoms with E-state index in [1.54, 1.807) is 0 Å². The highest BCUT2D eigenvalue weighted by molar-refractivity contribution is 5.48. The Balaban J connectivity index is 1.64. The molecular formula is C17H27N3O. The Bertz CT molecular complexity index is 497. The Morgan fingerprint density at radius 3 is 2.76 bits per heavy atom. The largest absolute Gasteiger partial charge is 0.382 e. The number of anilines is 1. The van der Waals surface area contributed by atoms with Crippen molar-refractivity contribution in [3.8, 4) is 0 Å². The van der Waals surface area contributed by atoms with Gasteiger partial charge in [-0.25, -0.2) is 9.97 Å². The van der Waals surface area contributed by atoms with E-state index in [0.717, 1.165) is 44.2 Å². The maximum Gasteiger partial charge on any atom is 0.133 e. The summed E-state index contributed by atoms with van der Waals surface area (Å²) < 4.78 is 5.52. The van der Waals surface area contributed by atoms with Crippen LogP contribution in [0, 0.1) is 12.3 Å². The number of ether oxygens (including phenoxy) is 1. The zero-order valence-electron chi connectivity index (χ0n) is 13.4. The van der Waals surface area contributed by atoms with Crippen molar-refractivity contribution < 1.29 is 4.74 Å². The molecule has 0 saturated heterocycles. The fraction of sp³-hybridized carbons (Fsp3) is 0.765. The molecule has 21 heavy (non-hydrogen) atoms. The van der Waals surface area contributed by atoms with Gasteiger partial charge < -0.3 is 10.1 Å². The van der Waals surface area contributed by atoms with Crippen LogP contribution in [0.15, 0.2) is 0 Å². The Morgan fingerprint density at radius 1 is 1.19 bits per heavy atom. The molecule has 1 aromatic rings. The van der Waals surface area contributed by atoms with Crippen molar-refractivity contribution in [1.82, 2.24) is 9.97 Å². The Morgan fingerprint density at radius 2 is 2.00 bits per heavy atom. The van der Waals surface area contributed by atoms with Gasteiger partial charge in [-0.1, -0.05) is 0 Å². The number of fused-ring (bicyclic) bond motifs is 1. The molecule has 2 aliphatic rings. The molecule has 0 aromatic carbocycles. The predicted molar refractivity (Wildman–Crippen MR) is 84.7 cm³/mol. The van der Waals surface area contributed by atoms with Crippen LogP contribution in [0.4, 0.5) is 5.82 Å². The number of hydrogen-bond acceptors (Lipinski definition) is 4. The van der Waals surface area contributed by atoms with E-state index in [1.165, 1.54) is 43.4 Å². The summed E-state index contributed by atoms with van der Waals surface area (Å²) in [5, 5.41) is 3.64. The summed E-state index contributed by atoms with van der Waals surface area (Å²) >= 11 is 0. The number of aromatic nitrogens is 2. The molecule has 3 rings (SSSR count). The van der Waals surface area contributed by atoms with Gasteiger partial charge in [-0.15, -0.1) is 0 Å². The van der Waals surface area contributed by atoms with Gasteiger partial charge in [0.15, 0.2) is 0 Å². The molecule has 1 fully saturated rings. The Kier molecular flexibility index (Phi) is 4.43. The van der Waals surface area contributed by atoms with E-state index in [9.17, 15) is 0 Å². The minimum Gasteiger partial charge on any atom is -0.382 e. The van der Waals surface area contributed by atoms with Crippen molar-refractivity contribution in [3.05, 3.63) is 17.1 Å². The highest BCUT2D eigenvalue weighted by Gasteiger charge is 2.42. The van der Waals surface area contributed by atoms with Crippen LogP contribution in [0.5, 0.6) is 0 Å². The van der Waals surface area contributed by atoms with Crippen molar-refractivity contribution in [3.63, 3.8) is 0 Å². The average molecular weight is 289 g/mol. The molecule has 0 spiro atoms. The third kappa shape index (κ3) is 3.54. The van der Waals surface area contributed by atoms with Crippen molar-refractivity contribution >= 4 is 5.82 Å². The van der Waals surface area contributed by atoms with E-state index in [0.29, 0.717) is 5.41 Å². The summed E-state index contributed by atoms with van der Waals surface area (Å²) in [6, 6.07) is 0. The van der Waals surface area contributed by atoms with Gasteiger partial charge in [0.1, 0.15) is 11.6 Å². The molecule has 0 aliphatic heterocycles. The minimum absolute atomic E-state index is 0.454. The van der Waals surface area contributed by atoms with E-state index >= 15 is 0 Å². The lowest BCUT2D eigenvalue weighted by atomic mass is 9.96. The summed E-state index contributed by atoms with van der Waals surface area (Å²) in [4.78, 5) is 9.28. The molecule has 1 saturated carbocycles. The summed E-state index contributed by atoms with van der Waals surface area (Å²) in [5.74, 6) is 2.00. The molecule has 0 bridgehead atoms. The first-order valence-corrected chi connectivity index (χ1v) is 8.40. The molecule has 0 atom stereocenters. The summed E-state index contributed by atoms with van der Waals surface area (Å²) in [6.07, 6.45) is 8.58. The molecule has 0 radical (unpaired) electrons. The van der Waals surface area contributed by atoms with Crippen molar-refractivity contribution in [2.24, 2.45) is 5.41 Å².